The molecule has 2 rings (SSSR count). The second kappa shape index (κ2) is 6.70. The minimum absolute atomic E-state index is 0.312. The normalized spacial score (nSPS) is 9.84. The maximum Gasteiger partial charge on any atom is 0.161 e. The Hall–Kier alpha value is -1.36. The minimum atomic E-state index is -0.813. The van der Waals surface area contributed by atoms with Gasteiger partial charge >= 0.3 is 0 Å². The van der Waals surface area contributed by atoms with Gasteiger partial charge in [0.25, 0.3) is 0 Å². The van der Waals surface area contributed by atoms with E-state index >= 15 is 0 Å². The molecule has 0 unspecified atom stereocenters. The Kier molecular flexibility index (Phi) is 5.54. The molecule has 0 spiro atoms. The Balaban J connectivity index is 0.000000191. The third kappa shape index (κ3) is 4.35. The van der Waals surface area contributed by atoms with Gasteiger partial charge in [0.05, 0.1) is 0 Å². The molecule has 2 aromatic rings. The molecule has 0 aliphatic carbocycles. The van der Waals surface area contributed by atoms with Crippen LogP contribution in [0.15, 0.2) is 34.8 Å². The van der Waals surface area contributed by atoms with Crippen LogP contribution in [0.3, 0.4) is 0 Å². The van der Waals surface area contributed by atoms with Gasteiger partial charge in [-0.25, -0.2) is 17.6 Å². The van der Waals surface area contributed by atoms with Crippen molar-refractivity contribution >= 4 is 15.9 Å². The zero-order valence-corrected chi connectivity index (χ0v) is 11.9. The second-order valence-corrected chi connectivity index (χ2v) is 4.80. The van der Waals surface area contributed by atoms with Crippen LogP contribution in [0.4, 0.5) is 17.6 Å². The molecule has 0 nitrogen and oxygen atoms in total. The predicted octanol–water partition coefficient (Wildman–Crippen LogP) is 5.31. The highest BCUT2D eigenvalue weighted by atomic mass is 79.9. The fraction of sp³-hybridized carbons (Fsp3) is 0.143. The van der Waals surface area contributed by atoms with E-state index in [1.807, 2.05) is 0 Å². The molecule has 0 aromatic heterocycles. The minimum Gasteiger partial charge on any atom is -0.204 e. The lowest BCUT2D eigenvalue weighted by Gasteiger charge is -1.97. The van der Waals surface area contributed by atoms with Gasteiger partial charge in [-0.15, -0.1) is 0 Å². The van der Waals surface area contributed by atoms with Crippen LogP contribution in [0.1, 0.15) is 11.1 Å². The summed E-state index contributed by atoms with van der Waals surface area (Å²) in [5.74, 6) is -3.12. The average molecular weight is 335 g/mol. The summed E-state index contributed by atoms with van der Waals surface area (Å²) in [7, 11) is 0. The van der Waals surface area contributed by atoms with Crippen LogP contribution in [0, 0.1) is 37.1 Å². The quantitative estimate of drug-likeness (QED) is 0.452. The molecule has 2 aromatic carbocycles. The second-order valence-electron chi connectivity index (χ2n) is 3.89. The average Bonchev–Trinajstić information content (AvgIpc) is 2.33. The Morgan fingerprint density at radius 2 is 1.37 bits per heavy atom. The molecule has 0 amide bonds. The predicted molar refractivity (Wildman–Crippen MR) is 69.9 cm³/mol. The van der Waals surface area contributed by atoms with Gasteiger partial charge in [-0.1, -0.05) is 28.1 Å². The molecular formula is C14H11BrF4. The van der Waals surface area contributed by atoms with E-state index in [4.69, 9.17) is 0 Å². The van der Waals surface area contributed by atoms with Gasteiger partial charge in [0, 0.05) is 4.47 Å². The van der Waals surface area contributed by atoms with E-state index in [1.54, 1.807) is 0 Å². The van der Waals surface area contributed by atoms with Gasteiger partial charge in [-0.05, 0) is 43.2 Å². The molecule has 102 valence electrons. The maximum atomic E-state index is 12.5. The first-order chi connectivity index (χ1) is 8.82. The molecule has 0 saturated carbocycles. The standard InChI is InChI=1S/C7H5BrF2.C7H6F2/c1-4-2-5(8)3-6(9)7(4)10;1-5-3-2-4-6(8)7(5)9/h2-3H,1H3;2-4H,1H3. The number of benzene rings is 2. The molecule has 0 radical (unpaired) electrons. The van der Waals surface area contributed by atoms with E-state index in [9.17, 15) is 17.6 Å². The van der Waals surface area contributed by atoms with E-state index in [2.05, 4.69) is 15.9 Å². The molecule has 0 aliphatic heterocycles. The monoisotopic (exact) mass is 334 g/mol. The SMILES string of the molecule is Cc1cc(Br)cc(F)c1F.Cc1cccc(F)c1F. The van der Waals surface area contributed by atoms with Crippen LogP contribution in [0.2, 0.25) is 0 Å². The van der Waals surface area contributed by atoms with E-state index in [1.165, 1.54) is 32.0 Å². The first kappa shape index (κ1) is 15.7. The van der Waals surface area contributed by atoms with E-state index in [0.717, 1.165) is 12.1 Å². The maximum absolute atomic E-state index is 12.5. The summed E-state index contributed by atoms with van der Waals surface area (Å²) in [5.41, 5.74) is 0.655. The Morgan fingerprint density at radius 3 is 1.84 bits per heavy atom. The molecule has 0 heterocycles. The van der Waals surface area contributed by atoms with Crippen LogP contribution < -0.4 is 0 Å². The smallest absolute Gasteiger partial charge is 0.161 e. The van der Waals surface area contributed by atoms with Crippen molar-refractivity contribution in [2.24, 2.45) is 0 Å². The largest absolute Gasteiger partial charge is 0.204 e. The van der Waals surface area contributed by atoms with Crippen LogP contribution in [-0.4, -0.2) is 0 Å². The van der Waals surface area contributed by atoms with E-state index < -0.39 is 23.3 Å². The molecule has 0 bridgehead atoms. The summed E-state index contributed by atoms with van der Waals surface area (Å²) in [6, 6.07) is 6.73. The zero-order chi connectivity index (χ0) is 14.6. The van der Waals surface area contributed by atoms with Crippen molar-refractivity contribution < 1.29 is 17.6 Å². The number of hydrogen-bond donors (Lipinski definition) is 0. The van der Waals surface area contributed by atoms with Crippen LogP contribution in [-0.2, 0) is 0 Å². The highest BCUT2D eigenvalue weighted by molar-refractivity contribution is 9.10. The van der Waals surface area contributed by atoms with Crippen molar-refractivity contribution in [3.8, 4) is 0 Å². The summed E-state index contributed by atoms with van der Waals surface area (Å²) >= 11 is 3.04. The molecule has 0 fully saturated rings. The Bertz CT molecular complexity index is 538. The Morgan fingerprint density at radius 1 is 0.789 bits per heavy atom. The molecule has 0 saturated heterocycles. The first-order valence-corrected chi connectivity index (χ1v) is 6.14. The van der Waals surface area contributed by atoms with Gasteiger partial charge in [-0.3, -0.25) is 0 Å². The van der Waals surface area contributed by atoms with Crippen molar-refractivity contribution in [3.05, 3.63) is 69.2 Å². The lowest BCUT2D eigenvalue weighted by molar-refractivity contribution is 0.502. The molecular weight excluding hydrogens is 324 g/mol. The summed E-state index contributed by atoms with van der Waals surface area (Å²) in [5, 5.41) is 0. The third-order valence-electron chi connectivity index (χ3n) is 2.32. The summed E-state index contributed by atoms with van der Waals surface area (Å²) in [6.45, 7) is 3.04. The molecule has 5 heteroatoms. The number of aryl methyl sites for hydroxylation is 2. The fourth-order valence-electron chi connectivity index (χ4n) is 1.30. The van der Waals surface area contributed by atoms with Gasteiger partial charge in [0.15, 0.2) is 23.3 Å². The number of rotatable bonds is 0. The zero-order valence-electron chi connectivity index (χ0n) is 10.3. The summed E-state index contributed by atoms with van der Waals surface area (Å²) < 4.78 is 50.1. The third-order valence-corrected chi connectivity index (χ3v) is 2.78. The summed E-state index contributed by atoms with van der Waals surface area (Å²) in [6.07, 6.45) is 0. The van der Waals surface area contributed by atoms with Crippen molar-refractivity contribution in [3.63, 3.8) is 0 Å². The lowest BCUT2D eigenvalue weighted by Crippen LogP contribution is -1.87. The van der Waals surface area contributed by atoms with Crippen molar-refractivity contribution in [1.29, 1.82) is 0 Å². The molecule has 0 N–H and O–H groups in total. The molecule has 0 aliphatic rings. The van der Waals surface area contributed by atoms with Crippen molar-refractivity contribution in [1.82, 2.24) is 0 Å². The van der Waals surface area contributed by atoms with Gasteiger partial charge in [-0.2, -0.15) is 0 Å². The molecule has 0 atom stereocenters. The van der Waals surface area contributed by atoms with Crippen LogP contribution in [0.5, 0.6) is 0 Å². The topological polar surface area (TPSA) is 0 Å². The van der Waals surface area contributed by atoms with E-state index in [0.29, 0.717) is 15.6 Å². The lowest BCUT2D eigenvalue weighted by atomic mass is 10.2. The van der Waals surface area contributed by atoms with Crippen molar-refractivity contribution in [2.45, 2.75) is 13.8 Å². The fourth-order valence-corrected chi connectivity index (χ4v) is 1.84. The Labute approximate surface area is 117 Å². The van der Waals surface area contributed by atoms with Crippen LogP contribution >= 0.6 is 15.9 Å². The number of halogens is 5. The molecule has 19 heavy (non-hydrogen) atoms. The van der Waals surface area contributed by atoms with Gasteiger partial charge < -0.3 is 0 Å². The highest BCUT2D eigenvalue weighted by Gasteiger charge is 2.04. The summed E-state index contributed by atoms with van der Waals surface area (Å²) in [4.78, 5) is 0. The highest BCUT2D eigenvalue weighted by Crippen LogP contribution is 2.17. The van der Waals surface area contributed by atoms with Gasteiger partial charge in [0.2, 0.25) is 0 Å². The van der Waals surface area contributed by atoms with Gasteiger partial charge in [0.1, 0.15) is 0 Å². The van der Waals surface area contributed by atoms with Crippen molar-refractivity contribution in [2.75, 3.05) is 0 Å². The van der Waals surface area contributed by atoms with Crippen LogP contribution in [0.25, 0.3) is 0 Å². The number of hydrogen-bond acceptors (Lipinski definition) is 0. The first-order valence-electron chi connectivity index (χ1n) is 5.34. The van der Waals surface area contributed by atoms with E-state index in [-0.39, 0.29) is 0 Å².